The maximum atomic E-state index is 13.5. The zero-order chi connectivity index (χ0) is 27.6. The molecule has 8 heteroatoms. The third-order valence-corrected chi connectivity index (χ3v) is 8.48. The Bertz CT molecular complexity index is 983. The van der Waals surface area contributed by atoms with Gasteiger partial charge in [-0.15, -0.1) is 0 Å². The molecule has 2 fully saturated rings. The van der Waals surface area contributed by atoms with E-state index in [-0.39, 0.29) is 11.9 Å². The number of fused-ring (bicyclic) bond motifs is 3. The summed E-state index contributed by atoms with van der Waals surface area (Å²) in [6, 6.07) is 7.21. The average Bonchev–Trinajstić information content (AvgIpc) is 3.53. The van der Waals surface area contributed by atoms with Crippen molar-refractivity contribution >= 4 is 23.6 Å². The molecule has 216 valence electrons. The molecule has 0 radical (unpaired) electrons. The topological polar surface area (TPSA) is 68.7 Å². The number of amides is 3. The molecule has 3 aliphatic rings. The first-order valence-electron chi connectivity index (χ1n) is 15.4. The number of hydrogen-bond donors (Lipinski definition) is 0. The average molecular weight is 540 g/mol. The minimum Gasteiger partial charge on any atom is -0.497 e. The molecule has 0 spiro atoms. The fourth-order valence-corrected chi connectivity index (χ4v) is 6.13. The van der Waals surface area contributed by atoms with Crippen LogP contribution in [-0.4, -0.2) is 78.6 Å². The molecule has 0 aromatic heterocycles. The lowest BCUT2D eigenvalue weighted by Crippen LogP contribution is -2.64. The Morgan fingerprint density at radius 1 is 0.872 bits per heavy atom. The third kappa shape index (κ3) is 7.06. The van der Waals surface area contributed by atoms with Gasteiger partial charge in [0.2, 0.25) is 5.96 Å². The Morgan fingerprint density at radius 2 is 1.49 bits per heavy atom. The van der Waals surface area contributed by atoms with Crippen LogP contribution in [0.25, 0.3) is 0 Å². The van der Waals surface area contributed by atoms with E-state index in [0.717, 1.165) is 36.8 Å². The number of ether oxygens (including phenoxy) is 1. The van der Waals surface area contributed by atoms with Crippen LogP contribution in [0.4, 0.5) is 10.5 Å². The van der Waals surface area contributed by atoms with Gasteiger partial charge in [0.25, 0.3) is 5.91 Å². The van der Waals surface area contributed by atoms with E-state index in [4.69, 9.17) is 9.73 Å². The standard InChI is InChI=1S/C31H49N5O3/c1-4-5-6-7-8-9-10-11-12-13-14-15-16-17-21-36-29(37)27-28(33(2)31(36)38)32-30-34(22-23-35(27)30)25-19-18-20-26(24-25)39-3/h18-20,24,27-28H,4-17,21-23H2,1-3H3. The van der Waals surface area contributed by atoms with E-state index in [2.05, 4.69) is 16.7 Å². The largest absolute Gasteiger partial charge is 0.497 e. The van der Waals surface area contributed by atoms with Crippen molar-refractivity contribution in [3.05, 3.63) is 24.3 Å². The van der Waals surface area contributed by atoms with Gasteiger partial charge in [0.05, 0.1) is 7.11 Å². The number of nitrogens with zero attached hydrogens (tertiary/aromatic N) is 5. The quantitative estimate of drug-likeness (QED) is 0.219. The van der Waals surface area contributed by atoms with Crippen LogP contribution in [0.3, 0.4) is 0 Å². The summed E-state index contributed by atoms with van der Waals surface area (Å²) in [5.74, 6) is 1.44. The van der Waals surface area contributed by atoms with Gasteiger partial charge in [0.15, 0.2) is 12.2 Å². The van der Waals surface area contributed by atoms with Gasteiger partial charge < -0.3 is 19.4 Å². The van der Waals surface area contributed by atoms with Crippen LogP contribution in [0.2, 0.25) is 0 Å². The first kappa shape index (κ1) is 29.2. The maximum Gasteiger partial charge on any atom is 0.328 e. The molecular formula is C31H49N5O3. The van der Waals surface area contributed by atoms with Crippen molar-refractivity contribution in [2.75, 3.05) is 38.7 Å². The maximum absolute atomic E-state index is 13.5. The van der Waals surface area contributed by atoms with Gasteiger partial charge in [-0.25, -0.2) is 9.79 Å². The minimum atomic E-state index is -0.471. The second kappa shape index (κ2) is 14.6. The summed E-state index contributed by atoms with van der Waals surface area (Å²) >= 11 is 0. The third-order valence-electron chi connectivity index (χ3n) is 8.48. The van der Waals surface area contributed by atoms with Gasteiger partial charge in [-0.1, -0.05) is 96.5 Å². The van der Waals surface area contributed by atoms with Crippen LogP contribution in [-0.2, 0) is 4.79 Å². The molecule has 2 unspecified atom stereocenters. The lowest BCUT2D eigenvalue weighted by Gasteiger charge is -2.40. The Hall–Kier alpha value is -2.77. The lowest BCUT2D eigenvalue weighted by molar-refractivity contribution is -0.137. The van der Waals surface area contributed by atoms with Crippen LogP contribution >= 0.6 is 0 Å². The molecule has 0 aliphatic carbocycles. The van der Waals surface area contributed by atoms with Crippen molar-refractivity contribution in [3.63, 3.8) is 0 Å². The highest BCUT2D eigenvalue weighted by Gasteiger charge is 2.54. The molecule has 2 saturated heterocycles. The summed E-state index contributed by atoms with van der Waals surface area (Å²) in [4.78, 5) is 38.8. The van der Waals surface area contributed by atoms with Crippen LogP contribution in [0.1, 0.15) is 96.8 Å². The second-order valence-corrected chi connectivity index (χ2v) is 11.3. The molecule has 4 rings (SSSR count). The number of imide groups is 1. The predicted octanol–water partition coefficient (Wildman–Crippen LogP) is 6.26. The molecule has 3 aliphatic heterocycles. The number of anilines is 1. The van der Waals surface area contributed by atoms with Crippen molar-refractivity contribution in [1.82, 2.24) is 14.7 Å². The second-order valence-electron chi connectivity index (χ2n) is 11.3. The summed E-state index contributed by atoms with van der Waals surface area (Å²) in [6.07, 6.45) is 17.5. The molecule has 1 aromatic rings. The monoisotopic (exact) mass is 539 g/mol. The van der Waals surface area contributed by atoms with Crippen LogP contribution in [0.5, 0.6) is 5.75 Å². The summed E-state index contributed by atoms with van der Waals surface area (Å²) in [5.41, 5.74) is 0.981. The molecule has 0 bridgehead atoms. The van der Waals surface area contributed by atoms with Crippen molar-refractivity contribution in [2.45, 2.75) is 109 Å². The number of aliphatic imine (C=N–C) groups is 1. The van der Waals surface area contributed by atoms with Crippen LogP contribution in [0.15, 0.2) is 29.3 Å². The Balaban J connectivity index is 1.17. The number of likely N-dealkylation sites (N-methyl/N-ethyl adjacent to an activating group) is 1. The number of urea groups is 1. The number of carbonyl (C=O) groups is 2. The number of hydrogen-bond acceptors (Lipinski definition) is 6. The number of carbonyl (C=O) groups excluding carboxylic acids is 2. The van der Waals surface area contributed by atoms with Crippen LogP contribution in [0, 0.1) is 0 Å². The number of guanidine groups is 1. The van der Waals surface area contributed by atoms with E-state index in [0.29, 0.717) is 13.1 Å². The molecule has 1 aromatic carbocycles. The van der Waals surface area contributed by atoms with Crippen molar-refractivity contribution in [2.24, 2.45) is 4.99 Å². The number of benzene rings is 1. The van der Waals surface area contributed by atoms with E-state index in [1.165, 1.54) is 81.9 Å². The highest BCUT2D eigenvalue weighted by molar-refractivity contribution is 6.08. The number of methoxy groups -OCH3 is 1. The smallest absolute Gasteiger partial charge is 0.328 e. The zero-order valence-electron chi connectivity index (χ0n) is 24.4. The normalized spacial score (nSPS) is 20.5. The number of rotatable bonds is 17. The SMILES string of the molecule is CCCCCCCCCCCCCCCCN1C(=O)C2C(N=C3N(c4cccc(OC)c4)CCN32)N(C)C1=O. The van der Waals surface area contributed by atoms with Gasteiger partial charge >= 0.3 is 6.03 Å². The Kier molecular flexibility index (Phi) is 10.9. The molecule has 3 amide bonds. The van der Waals surface area contributed by atoms with E-state index < -0.39 is 12.2 Å². The molecular weight excluding hydrogens is 490 g/mol. The zero-order valence-corrected chi connectivity index (χ0v) is 24.4. The van der Waals surface area contributed by atoms with Gasteiger partial charge in [-0.2, -0.15) is 0 Å². The molecule has 0 saturated carbocycles. The minimum absolute atomic E-state index is 0.107. The van der Waals surface area contributed by atoms with Crippen molar-refractivity contribution < 1.29 is 14.3 Å². The van der Waals surface area contributed by atoms with Crippen molar-refractivity contribution in [3.8, 4) is 5.75 Å². The first-order valence-corrected chi connectivity index (χ1v) is 15.4. The van der Waals surface area contributed by atoms with E-state index in [9.17, 15) is 9.59 Å². The van der Waals surface area contributed by atoms with Gasteiger partial charge in [0, 0.05) is 38.4 Å². The van der Waals surface area contributed by atoms with Gasteiger partial charge in [-0.3, -0.25) is 9.69 Å². The molecule has 8 nitrogen and oxygen atoms in total. The van der Waals surface area contributed by atoms with Gasteiger partial charge in [0.1, 0.15) is 5.75 Å². The van der Waals surface area contributed by atoms with Crippen molar-refractivity contribution in [1.29, 1.82) is 0 Å². The highest BCUT2D eigenvalue weighted by atomic mass is 16.5. The lowest BCUT2D eigenvalue weighted by atomic mass is 10.0. The first-order chi connectivity index (χ1) is 19.1. The predicted molar refractivity (Wildman–Crippen MR) is 157 cm³/mol. The van der Waals surface area contributed by atoms with Gasteiger partial charge in [-0.05, 0) is 18.6 Å². The Morgan fingerprint density at radius 3 is 2.10 bits per heavy atom. The summed E-state index contributed by atoms with van der Waals surface area (Å²) in [6.45, 7) is 4.22. The van der Waals surface area contributed by atoms with E-state index in [1.807, 2.05) is 24.3 Å². The fraction of sp³-hybridized carbons (Fsp3) is 0.710. The highest BCUT2D eigenvalue weighted by Crippen LogP contribution is 2.34. The van der Waals surface area contributed by atoms with E-state index in [1.54, 1.807) is 19.1 Å². The van der Waals surface area contributed by atoms with E-state index >= 15 is 0 Å². The molecule has 3 heterocycles. The summed E-state index contributed by atoms with van der Waals surface area (Å²) in [7, 11) is 3.43. The molecule has 2 atom stereocenters. The molecule has 0 N–H and O–H groups in total. The Labute approximate surface area is 235 Å². The summed E-state index contributed by atoms with van der Waals surface area (Å²) in [5, 5.41) is 0. The molecule has 39 heavy (non-hydrogen) atoms. The fourth-order valence-electron chi connectivity index (χ4n) is 6.13. The van der Waals surface area contributed by atoms with Crippen LogP contribution < -0.4 is 9.64 Å². The number of unbranched alkanes of at least 4 members (excludes halogenated alkanes) is 13. The summed E-state index contributed by atoms with van der Waals surface area (Å²) < 4.78 is 5.39.